The zero-order chi connectivity index (χ0) is 39.7. The Labute approximate surface area is 339 Å². The Kier molecular flexibility index (Phi) is 40.7. The van der Waals surface area contributed by atoms with Gasteiger partial charge in [0, 0.05) is 12.8 Å². The largest absolute Gasteiger partial charge is 0.466 e. The van der Waals surface area contributed by atoms with Crippen molar-refractivity contribution in [2.75, 3.05) is 32.8 Å². The van der Waals surface area contributed by atoms with Crippen LogP contribution >= 0.6 is 0 Å². The second-order valence-corrected chi connectivity index (χ2v) is 17.0. The van der Waals surface area contributed by atoms with Crippen LogP contribution in [-0.2, 0) is 19.1 Å². The molecule has 0 aliphatic rings. The van der Waals surface area contributed by atoms with Crippen molar-refractivity contribution in [2.24, 2.45) is 17.8 Å². The topological polar surface area (TPSA) is 55.8 Å². The van der Waals surface area contributed by atoms with Crippen LogP contribution < -0.4 is 0 Å². The van der Waals surface area contributed by atoms with Crippen molar-refractivity contribution >= 4 is 11.9 Å². The Morgan fingerprint density at radius 1 is 0.370 bits per heavy atom. The van der Waals surface area contributed by atoms with Crippen LogP contribution in [0.4, 0.5) is 0 Å². The van der Waals surface area contributed by atoms with Gasteiger partial charge in [0.15, 0.2) is 0 Å². The summed E-state index contributed by atoms with van der Waals surface area (Å²) in [6.07, 6.45) is 40.2. The molecule has 0 bridgehead atoms. The van der Waals surface area contributed by atoms with E-state index >= 15 is 0 Å². The zero-order valence-electron chi connectivity index (χ0n) is 37.7. The maximum absolute atomic E-state index is 12.3. The second kappa shape index (κ2) is 41.5. The normalized spacial score (nSPS) is 11.8. The van der Waals surface area contributed by atoms with Crippen LogP contribution in [0.15, 0.2) is 0 Å². The molecule has 0 atom stereocenters. The SMILES string of the molecule is CCCCC(CCCC)CCOC(=O)CCCCCCCCCC(CCCCCCCCCC(=O)OCCC(CCCC)CCCC)CCN(CC)CC. The molecule has 0 aliphatic carbocycles. The van der Waals surface area contributed by atoms with Crippen molar-refractivity contribution in [2.45, 2.75) is 253 Å². The average molecular weight is 764 g/mol. The average Bonchev–Trinajstić information content (AvgIpc) is 3.18. The lowest BCUT2D eigenvalue weighted by atomic mass is 9.91. The molecule has 0 fully saturated rings. The third-order valence-electron chi connectivity index (χ3n) is 12.2. The third kappa shape index (κ3) is 35.3. The molecule has 0 unspecified atom stereocenters. The van der Waals surface area contributed by atoms with E-state index in [0.717, 1.165) is 69.4 Å². The summed E-state index contributed by atoms with van der Waals surface area (Å²) in [5, 5.41) is 0. The quantitative estimate of drug-likeness (QED) is 0.0457. The molecule has 0 aromatic rings. The molecule has 0 saturated heterocycles. The molecule has 0 N–H and O–H groups in total. The Balaban J connectivity index is 4.04. The minimum atomic E-state index is 0.0173. The van der Waals surface area contributed by atoms with Crippen molar-refractivity contribution in [1.82, 2.24) is 4.90 Å². The zero-order valence-corrected chi connectivity index (χ0v) is 37.7. The Morgan fingerprint density at radius 3 is 1.00 bits per heavy atom. The van der Waals surface area contributed by atoms with E-state index in [1.165, 1.54) is 167 Å². The van der Waals surface area contributed by atoms with Crippen LogP contribution in [0.2, 0.25) is 0 Å². The fourth-order valence-electron chi connectivity index (χ4n) is 8.17. The lowest BCUT2D eigenvalue weighted by molar-refractivity contribution is -0.145. The van der Waals surface area contributed by atoms with E-state index < -0.39 is 0 Å². The summed E-state index contributed by atoms with van der Waals surface area (Å²) in [7, 11) is 0. The molecule has 0 aliphatic heterocycles. The van der Waals surface area contributed by atoms with E-state index in [-0.39, 0.29) is 11.9 Å². The number of hydrogen-bond donors (Lipinski definition) is 0. The molecule has 0 saturated carbocycles. The Bertz CT molecular complexity index is 712. The van der Waals surface area contributed by atoms with Gasteiger partial charge in [0.05, 0.1) is 13.2 Å². The van der Waals surface area contributed by atoms with Crippen molar-refractivity contribution in [3.05, 3.63) is 0 Å². The molecule has 0 radical (unpaired) electrons. The second-order valence-electron chi connectivity index (χ2n) is 17.0. The van der Waals surface area contributed by atoms with Gasteiger partial charge in [-0.3, -0.25) is 9.59 Å². The highest BCUT2D eigenvalue weighted by Gasteiger charge is 2.13. The third-order valence-corrected chi connectivity index (χ3v) is 12.2. The number of carbonyl (C=O) groups is 2. The summed E-state index contributed by atoms with van der Waals surface area (Å²) < 4.78 is 11.2. The van der Waals surface area contributed by atoms with Gasteiger partial charge in [0.2, 0.25) is 0 Å². The van der Waals surface area contributed by atoms with E-state index in [9.17, 15) is 9.59 Å². The van der Waals surface area contributed by atoms with Crippen molar-refractivity contribution < 1.29 is 19.1 Å². The molecule has 0 amide bonds. The van der Waals surface area contributed by atoms with Crippen molar-refractivity contribution in [1.29, 1.82) is 0 Å². The summed E-state index contributed by atoms with van der Waals surface area (Å²) in [4.78, 5) is 27.1. The summed E-state index contributed by atoms with van der Waals surface area (Å²) in [5.41, 5.74) is 0. The predicted molar refractivity (Wildman–Crippen MR) is 235 cm³/mol. The summed E-state index contributed by atoms with van der Waals surface area (Å²) in [5.74, 6) is 2.35. The minimum Gasteiger partial charge on any atom is -0.466 e. The van der Waals surface area contributed by atoms with E-state index in [1.807, 2.05) is 0 Å². The fraction of sp³-hybridized carbons (Fsp3) is 0.959. The van der Waals surface area contributed by atoms with Crippen LogP contribution in [0.5, 0.6) is 0 Å². The van der Waals surface area contributed by atoms with Gasteiger partial charge in [-0.2, -0.15) is 0 Å². The Hall–Kier alpha value is -1.10. The van der Waals surface area contributed by atoms with E-state index in [1.54, 1.807) is 0 Å². The van der Waals surface area contributed by atoms with Crippen LogP contribution in [0, 0.1) is 17.8 Å². The number of hydrogen-bond acceptors (Lipinski definition) is 5. The van der Waals surface area contributed by atoms with Gasteiger partial charge in [-0.1, -0.05) is 208 Å². The molecule has 5 nitrogen and oxygen atoms in total. The van der Waals surface area contributed by atoms with Crippen molar-refractivity contribution in [3.63, 3.8) is 0 Å². The molecule has 0 heterocycles. The molecule has 322 valence electrons. The molecule has 0 aromatic heterocycles. The maximum Gasteiger partial charge on any atom is 0.305 e. The molecule has 0 spiro atoms. The number of carbonyl (C=O) groups excluding carboxylic acids is 2. The predicted octanol–water partition coefficient (Wildman–Crippen LogP) is 15.2. The van der Waals surface area contributed by atoms with Gasteiger partial charge >= 0.3 is 11.9 Å². The maximum atomic E-state index is 12.3. The minimum absolute atomic E-state index is 0.0173. The highest BCUT2D eigenvalue weighted by molar-refractivity contribution is 5.69. The first-order valence-electron chi connectivity index (χ1n) is 24.5. The molecule has 0 rings (SSSR count). The van der Waals surface area contributed by atoms with Crippen LogP contribution in [0.1, 0.15) is 253 Å². The molecule has 0 aromatic carbocycles. The smallest absolute Gasteiger partial charge is 0.305 e. The first-order chi connectivity index (χ1) is 26.4. The van der Waals surface area contributed by atoms with E-state index in [4.69, 9.17) is 9.47 Å². The highest BCUT2D eigenvalue weighted by atomic mass is 16.5. The lowest BCUT2D eigenvalue weighted by Crippen LogP contribution is -2.25. The van der Waals surface area contributed by atoms with Gasteiger partial charge in [0.1, 0.15) is 0 Å². The summed E-state index contributed by atoms with van der Waals surface area (Å²) >= 11 is 0. The van der Waals surface area contributed by atoms with Crippen LogP contribution in [0.25, 0.3) is 0 Å². The lowest BCUT2D eigenvalue weighted by Gasteiger charge is -2.23. The Morgan fingerprint density at radius 2 is 0.667 bits per heavy atom. The summed E-state index contributed by atoms with van der Waals surface area (Å²) in [6.45, 7) is 18.4. The highest BCUT2D eigenvalue weighted by Crippen LogP contribution is 2.24. The van der Waals surface area contributed by atoms with Gasteiger partial charge in [-0.25, -0.2) is 0 Å². The number of esters is 2. The standard InChI is InChI=1S/C49H97NO4/c1-7-13-31-46(32-14-8-2)40-43-53-48(51)37-29-25-21-17-19-23-27-35-45(39-42-50(11-5)12-6)36-28-24-20-18-22-26-30-38-49(52)54-44-41-47(33-15-9-3)34-16-10-4/h45-47H,7-44H2,1-6H3. The number of rotatable bonds is 43. The van der Waals surface area contributed by atoms with Gasteiger partial charge in [-0.05, 0) is 69.5 Å². The summed E-state index contributed by atoms with van der Waals surface area (Å²) in [6, 6.07) is 0. The molecule has 54 heavy (non-hydrogen) atoms. The first-order valence-corrected chi connectivity index (χ1v) is 24.5. The number of ether oxygens (including phenoxy) is 2. The van der Waals surface area contributed by atoms with Gasteiger partial charge in [0.25, 0.3) is 0 Å². The van der Waals surface area contributed by atoms with Gasteiger partial charge < -0.3 is 14.4 Å². The molecule has 5 heteroatoms. The van der Waals surface area contributed by atoms with Crippen LogP contribution in [-0.4, -0.2) is 49.7 Å². The molecular formula is C49H97NO4. The molecular weight excluding hydrogens is 667 g/mol. The van der Waals surface area contributed by atoms with Crippen LogP contribution in [0.3, 0.4) is 0 Å². The monoisotopic (exact) mass is 764 g/mol. The first kappa shape index (κ1) is 52.9. The number of nitrogens with zero attached hydrogens (tertiary/aromatic N) is 1. The number of unbranched alkanes of at least 4 members (excludes halogenated alkanes) is 16. The van der Waals surface area contributed by atoms with Gasteiger partial charge in [-0.15, -0.1) is 0 Å². The fourth-order valence-corrected chi connectivity index (χ4v) is 8.17. The van der Waals surface area contributed by atoms with E-state index in [2.05, 4.69) is 46.4 Å². The van der Waals surface area contributed by atoms with E-state index in [0.29, 0.717) is 26.1 Å². The van der Waals surface area contributed by atoms with Crippen molar-refractivity contribution in [3.8, 4) is 0 Å².